The van der Waals surface area contributed by atoms with Gasteiger partial charge in [0.2, 0.25) is 0 Å². The zero-order valence-corrected chi connectivity index (χ0v) is 15.9. The van der Waals surface area contributed by atoms with E-state index in [0.29, 0.717) is 24.2 Å². The molecule has 0 saturated carbocycles. The van der Waals surface area contributed by atoms with Gasteiger partial charge in [-0.2, -0.15) is 0 Å². The first-order chi connectivity index (χ1) is 13.1. The fourth-order valence-electron chi connectivity index (χ4n) is 3.95. The molecule has 2 aliphatic rings. The van der Waals surface area contributed by atoms with Crippen LogP contribution >= 0.6 is 11.6 Å². The third-order valence-corrected chi connectivity index (χ3v) is 5.75. The average Bonchev–Trinajstić information content (AvgIpc) is 3.19. The summed E-state index contributed by atoms with van der Waals surface area (Å²) in [5.41, 5.74) is 1.76. The van der Waals surface area contributed by atoms with E-state index >= 15 is 0 Å². The monoisotopic (exact) mass is 387 g/mol. The van der Waals surface area contributed by atoms with Crippen molar-refractivity contribution in [1.29, 1.82) is 0 Å². The van der Waals surface area contributed by atoms with Gasteiger partial charge in [-0.3, -0.25) is 9.69 Å². The van der Waals surface area contributed by atoms with Crippen LogP contribution in [0.5, 0.6) is 0 Å². The van der Waals surface area contributed by atoms with Crippen molar-refractivity contribution in [2.45, 2.75) is 12.5 Å². The summed E-state index contributed by atoms with van der Waals surface area (Å²) >= 11 is 5.91. The minimum absolute atomic E-state index is 0.147. The Morgan fingerprint density at radius 3 is 2.44 bits per heavy atom. The first-order valence-corrected chi connectivity index (χ1v) is 9.79. The number of benzene rings is 2. The molecule has 27 heavy (non-hydrogen) atoms. The van der Waals surface area contributed by atoms with Crippen molar-refractivity contribution in [2.75, 3.05) is 39.3 Å². The number of nitrogens with zero attached hydrogens (tertiary/aromatic N) is 2. The molecule has 2 fully saturated rings. The summed E-state index contributed by atoms with van der Waals surface area (Å²) in [5.74, 6) is -0.689. The van der Waals surface area contributed by atoms with E-state index in [2.05, 4.69) is 10.2 Å². The molecule has 0 aliphatic carbocycles. The van der Waals surface area contributed by atoms with Crippen LogP contribution in [-0.4, -0.2) is 61.0 Å². The molecule has 2 aromatic carbocycles. The number of piperazine rings is 1. The Kier molecular flexibility index (Phi) is 5.43. The minimum Gasteiger partial charge on any atom is -0.337 e. The van der Waals surface area contributed by atoms with Gasteiger partial charge >= 0.3 is 0 Å². The van der Waals surface area contributed by atoms with E-state index in [1.165, 1.54) is 6.07 Å². The second-order valence-corrected chi connectivity index (χ2v) is 7.62. The fourth-order valence-corrected chi connectivity index (χ4v) is 4.08. The quantitative estimate of drug-likeness (QED) is 0.878. The molecule has 4 nitrogen and oxygen atoms in total. The van der Waals surface area contributed by atoms with Gasteiger partial charge in [-0.05, 0) is 41.8 Å². The summed E-state index contributed by atoms with van der Waals surface area (Å²) in [4.78, 5) is 17.0. The zero-order chi connectivity index (χ0) is 18.8. The normalized spacial score (nSPS) is 20.8. The first kappa shape index (κ1) is 18.4. The van der Waals surface area contributed by atoms with Crippen LogP contribution < -0.4 is 5.32 Å². The summed E-state index contributed by atoms with van der Waals surface area (Å²) in [7, 11) is 0. The Morgan fingerprint density at radius 2 is 1.74 bits per heavy atom. The molecule has 1 unspecified atom stereocenters. The van der Waals surface area contributed by atoms with Gasteiger partial charge in [0.25, 0.3) is 5.91 Å². The van der Waals surface area contributed by atoms with Crippen LogP contribution in [0.15, 0.2) is 42.5 Å². The van der Waals surface area contributed by atoms with E-state index in [4.69, 9.17) is 11.6 Å². The van der Waals surface area contributed by atoms with E-state index in [1.807, 2.05) is 12.1 Å². The Labute approximate surface area is 163 Å². The number of halogens is 2. The van der Waals surface area contributed by atoms with Crippen molar-refractivity contribution >= 4 is 17.5 Å². The largest absolute Gasteiger partial charge is 0.337 e. The molecule has 0 radical (unpaired) electrons. The van der Waals surface area contributed by atoms with Crippen LogP contribution in [0.1, 0.15) is 16.8 Å². The van der Waals surface area contributed by atoms with Gasteiger partial charge in [0.1, 0.15) is 5.82 Å². The van der Waals surface area contributed by atoms with Crippen molar-refractivity contribution in [1.82, 2.24) is 15.1 Å². The van der Waals surface area contributed by atoms with Crippen molar-refractivity contribution in [3.63, 3.8) is 0 Å². The van der Waals surface area contributed by atoms with Gasteiger partial charge in [0.05, 0.1) is 5.56 Å². The van der Waals surface area contributed by atoms with Crippen LogP contribution in [0.3, 0.4) is 0 Å². The maximum absolute atomic E-state index is 14.7. The molecule has 0 bridgehead atoms. The molecule has 142 valence electrons. The summed E-state index contributed by atoms with van der Waals surface area (Å²) in [6.07, 6.45) is 0.955. The number of rotatable bonds is 3. The number of amides is 1. The van der Waals surface area contributed by atoms with E-state index < -0.39 is 5.82 Å². The van der Waals surface area contributed by atoms with Gasteiger partial charge in [-0.15, -0.1) is 0 Å². The van der Waals surface area contributed by atoms with Crippen LogP contribution in [0.2, 0.25) is 5.02 Å². The minimum atomic E-state index is -0.474. The highest BCUT2D eigenvalue weighted by Crippen LogP contribution is 2.25. The smallest absolute Gasteiger partial charge is 0.256 e. The zero-order valence-electron chi connectivity index (χ0n) is 15.1. The third-order valence-electron chi connectivity index (χ3n) is 5.50. The maximum Gasteiger partial charge on any atom is 0.256 e. The molecule has 2 saturated heterocycles. The molecular formula is C21H23ClFN3O. The van der Waals surface area contributed by atoms with E-state index in [0.717, 1.165) is 43.7 Å². The number of carbonyl (C=O) groups is 1. The van der Waals surface area contributed by atoms with Crippen LogP contribution in [0.25, 0.3) is 11.1 Å². The highest BCUT2D eigenvalue weighted by molar-refractivity contribution is 6.30. The maximum atomic E-state index is 14.7. The average molecular weight is 388 g/mol. The molecule has 1 atom stereocenters. The number of nitrogens with one attached hydrogen (secondary N) is 1. The summed E-state index contributed by atoms with van der Waals surface area (Å²) in [6.45, 7) is 5.37. The van der Waals surface area contributed by atoms with Gasteiger partial charge in [-0.25, -0.2) is 4.39 Å². The van der Waals surface area contributed by atoms with Gasteiger partial charge in [0.15, 0.2) is 0 Å². The molecule has 4 rings (SSSR count). The highest BCUT2D eigenvalue weighted by Gasteiger charge is 2.32. The van der Waals surface area contributed by atoms with Crippen LogP contribution in [0, 0.1) is 5.82 Å². The van der Waals surface area contributed by atoms with E-state index in [-0.39, 0.29) is 11.5 Å². The molecule has 0 aromatic heterocycles. The lowest BCUT2D eigenvalue weighted by atomic mass is 10.0. The molecule has 2 aromatic rings. The predicted molar refractivity (Wildman–Crippen MR) is 106 cm³/mol. The van der Waals surface area contributed by atoms with E-state index in [1.54, 1.807) is 29.2 Å². The summed E-state index contributed by atoms with van der Waals surface area (Å²) in [5, 5.41) is 3.99. The topological polar surface area (TPSA) is 35.6 Å². The number of likely N-dealkylation sites (tertiary alicyclic amines) is 1. The lowest BCUT2D eigenvalue weighted by molar-refractivity contribution is 0.0769. The first-order valence-electron chi connectivity index (χ1n) is 9.41. The fraction of sp³-hybridized carbons (Fsp3) is 0.381. The predicted octanol–water partition coefficient (Wildman–Crippen LogP) is 3.27. The molecule has 6 heteroatoms. The summed E-state index contributed by atoms with van der Waals surface area (Å²) in [6, 6.07) is 12.4. The SMILES string of the molecule is O=C(c1ccc(-c2ccc(Cl)cc2)cc1F)N1CCC(N2CCNCC2)C1. The second kappa shape index (κ2) is 7.97. The number of hydrogen-bond acceptors (Lipinski definition) is 3. The molecular weight excluding hydrogens is 365 g/mol. The molecule has 1 amide bonds. The molecule has 0 spiro atoms. The van der Waals surface area contributed by atoms with Gasteiger partial charge < -0.3 is 10.2 Å². The lowest BCUT2D eigenvalue weighted by Gasteiger charge is -2.32. The number of carbonyl (C=O) groups excluding carboxylic acids is 1. The van der Waals surface area contributed by atoms with Crippen molar-refractivity contribution < 1.29 is 9.18 Å². The Morgan fingerprint density at radius 1 is 1.04 bits per heavy atom. The van der Waals surface area contributed by atoms with Gasteiger partial charge in [0, 0.05) is 50.3 Å². The standard InChI is InChI=1S/C21H23ClFN3O/c22-17-4-1-15(2-5-17)16-3-6-19(20(23)13-16)21(27)26-10-7-18(14-26)25-11-8-24-9-12-25/h1-6,13,18,24H,7-12,14H2. The van der Waals surface area contributed by atoms with Crippen molar-refractivity contribution in [2.24, 2.45) is 0 Å². The Hall–Kier alpha value is -1.95. The van der Waals surface area contributed by atoms with E-state index in [9.17, 15) is 9.18 Å². The van der Waals surface area contributed by atoms with Crippen molar-refractivity contribution in [3.8, 4) is 11.1 Å². The molecule has 2 heterocycles. The second-order valence-electron chi connectivity index (χ2n) is 7.18. The Balaban J connectivity index is 1.46. The van der Waals surface area contributed by atoms with Crippen LogP contribution in [0.4, 0.5) is 4.39 Å². The lowest BCUT2D eigenvalue weighted by Crippen LogP contribution is -2.49. The van der Waals surface area contributed by atoms with Gasteiger partial charge in [-0.1, -0.05) is 29.8 Å². The molecule has 1 N–H and O–H groups in total. The number of hydrogen-bond donors (Lipinski definition) is 1. The highest BCUT2D eigenvalue weighted by atomic mass is 35.5. The van der Waals surface area contributed by atoms with Crippen molar-refractivity contribution in [3.05, 3.63) is 58.9 Å². The Bertz CT molecular complexity index is 821. The molecule has 2 aliphatic heterocycles. The van der Waals surface area contributed by atoms with Crippen LogP contribution in [-0.2, 0) is 0 Å². The third kappa shape index (κ3) is 4.00. The summed E-state index contributed by atoms with van der Waals surface area (Å²) < 4.78 is 14.7.